The van der Waals surface area contributed by atoms with Crippen molar-refractivity contribution < 1.29 is 0 Å². The minimum absolute atomic E-state index is 0.725. The normalized spacial score (nSPS) is 10.7. The van der Waals surface area contributed by atoms with Crippen molar-refractivity contribution in [1.82, 2.24) is 10.3 Å². The smallest absolute Gasteiger partial charge is 0.0541 e. The van der Waals surface area contributed by atoms with Crippen molar-refractivity contribution in [3.05, 3.63) is 64.6 Å². The first-order valence-corrected chi connectivity index (χ1v) is 7.99. The van der Waals surface area contributed by atoms with E-state index in [0.717, 1.165) is 41.3 Å². The Bertz CT molecular complexity index is 752. The Kier molecular flexibility index (Phi) is 4.37. The van der Waals surface area contributed by atoms with Crippen molar-refractivity contribution in [3.8, 4) is 11.1 Å². The molecule has 2 heterocycles. The molecule has 3 rings (SSSR count). The van der Waals surface area contributed by atoms with Crippen molar-refractivity contribution in [2.24, 2.45) is 0 Å². The van der Waals surface area contributed by atoms with Crippen molar-refractivity contribution in [3.63, 3.8) is 0 Å². The molecule has 5 heteroatoms. The van der Waals surface area contributed by atoms with Gasteiger partial charge >= 0.3 is 0 Å². The zero-order chi connectivity index (χ0) is 15.4. The van der Waals surface area contributed by atoms with Gasteiger partial charge < -0.3 is 16.8 Å². The molecule has 4 nitrogen and oxygen atoms in total. The van der Waals surface area contributed by atoms with Crippen LogP contribution in [-0.2, 0) is 13.1 Å². The van der Waals surface area contributed by atoms with Gasteiger partial charge in [-0.1, -0.05) is 6.07 Å². The number of nitrogens with zero attached hydrogens (tertiary/aromatic N) is 1. The third-order valence-electron chi connectivity index (χ3n) is 3.46. The molecule has 0 saturated carbocycles. The van der Waals surface area contributed by atoms with Crippen LogP contribution in [0.15, 0.2) is 53.4 Å². The van der Waals surface area contributed by atoms with Crippen molar-refractivity contribution >= 4 is 22.7 Å². The second-order valence-corrected chi connectivity index (χ2v) is 5.83. The topological polar surface area (TPSA) is 77.0 Å². The number of benzene rings is 1. The molecule has 0 aliphatic rings. The fourth-order valence-corrected chi connectivity index (χ4v) is 3.19. The van der Waals surface area contributed by atoms with E-state index in [1.54, 1.807) is 17.5 Å². The van der Waals surface area contributed by atoms with Crippen LogP contribution >= 0.6 is 11.3 Å². The maximum Gasteiger partial charge on any atom is 0.0541 e. The van der Waals surface area contributed by atoms with Crippen LogP contribution in [0, 0.1) is 0 Å². The summed E-state index contributed by atoms with van der Waals surface area (Å²) in [5, 5.41) is 7.68. The molecular formula is C17H18N4S. The van der Waals surface area contributed by atoms with Gasteiger partial charge in [-0.2, -0.15) is 11.3 Å². The number of anilines is 2. The van der Waals surface area contributed by atoms with Gasteiger partial charge in [-0.3, -0.25) is 4.98 Å². The highest BCUT2D eigenvalue weighted by Gasteiger charge is 2.10. The number of aromatic nitrogens is 1. The molecule has 0 aliphatic carbocycles. The highest BCUT2D eigenvalue weighted by molar-refractivity contribution is 7.08. The quantitative estimate of drug-likeness (QED) is 0.632. The summed E-state index contributed by atoms with van der Waals surface area (Å²) in [6.45, 7) is 1.51. The molecule has 0 atom stereocenters. The maximum absolute atomic E-state index is 6.09. The summed E-state index contributed by atoms with van der Waals surface area (Å²) >= 11 is 1.67. The summed E-state index contributed by atoms with van der Waals surface area (Å²) in [6, 6.07) is 11.5. The molecule has 0 saturated heterocycles. The van der Waals surface area contributed by atoms with Gasteiger partial charge in [0.15, 0.2) is 0 Å². The number of rotatable bonds is 5. The first kappa shape index (κ1) is 14.6. The molecule has 0 amide bonds. The average molecular weight is 310 g/mol. The lowest BCUT2D eigenvalue weighted by atomic mass is 10.0. The first-order chi connectivity index (χ1) is 10.7. The zero-order valence-corrected chi connectivity index (χ0v) is 12.9. The van der Waals surface area contributed by atoms with Crippen LogP contribution in [0.3, 0.4) is 0 Å². The Balaban J connectivity index is 1.74. The van der Waals surface area contributed by atoms with Crippen LogP contribution in [-0.4, -0.2) is 4.98 Å². The molecule has 0 bridgehead atoms. The molecule has 0 unspecified atom stereocenters. The minimum atomic E-state index is 0.725. The van der Waals surface area contributed by atoms with Gasteiger partial charge in [0.2, 0.25) is 0 Å². The Hall–Kier alpha value is -2.37. The molecule has 22 heavy (non-hydrogen) atoms. The fourth-order valence-electron chi connectivity index (χ4n) is 2.33. The number of nitrogens with two attached hydrogens (primary N) is 2. The van der Waals surface area contributed by atoms with Crippen LogP contribution in [0.4, 0.5) is 11.4 Å². The van der Waals surface area contributed by atoms with Gasteiger partial charge in [-0.25, -0.2) is 0 Å². The van der Waals surface area contributed by atoms with Crippen LogP contribution in [0.5, 0.6) is 0 Å². The predicted molar refractivity (Wildman–Crippen MR) is 93.4 cm³/mol. The zero-order valence-electron chi connectivity index (χ0n) is 12.1. The standard InChI is InChI=1S/C17H18N4S/c18-13-4-5-17(19)15(7-13)16-11-22-10-12(16)8-20-9-14-3-1-2-6-21-14/h1-7,10-11,20H,8-9,18-19H2. The lowest BCUT2D eigenvalue weighted by molar-refractivity contribution is 0.682. The monoisotopic (exact) mass is 310 g/mol. The van der Waals surface area contributed by atoms with Gasteiger partial charge in [-0.05, 0) is 52.2 Å². The summed E-state index contributed by atoms with van der Waals surface area (Å²) in [5.41, 5.74) is 17.8. The predicted octanol–water partition coefficient (Wildman–Crippen LogP) is 3.26. The molecule has 112 valence electrons. The van der Waals surface area contributed by atoms with E-state index in [-0.39, 0.29) is 0 Å². The maximum atomic E-state index is 6.09. The second kappa shape index (κ2) is 6.60. The Morgan fingerprint density at radius 1 is 1.00 bits per heavy atom. The van der Waals surface area contributed by atoms with Gasteiger partial charge in [0.25, 0.3) is 0 Å². The molecule has 0 fully saturated rings. The van der Waals surface area contributed by atoms with Gasteiger partial charge in [-0.15, -0.1) is 0 Å². The average Bonchev–Trinajstić information content (AvgIpc) is 2.99. The van der Waals surface area contributed by atoms with E-state index in [2.05, 4.69) is 21.1 Å². The molecule has 0 aliphatic heterocycles. The van der Waals surface area contributed by atoms with Crippen LogP contribution in [0.1, 0.15) is 11.3 Å². The highest BCUT2D eigenvalue weighted by Crippen LogP contribution is 2.33. The molecule has 3 aromatic rings. The largest absolute Gasteiger partial charge is 0.399 e. The Morgan fingerprint density at radius 3 is 2.73 bits per heavy atom. The summed E-state index contributed by atoms with van der Waals surface area (Å²) in [7, 11) is 0. The number of hydrogen-bond donors (Lipinski definition) is 3. The van der Waals surface area contributed by atoms with E-state index in [1.807, 2.05) is 36.4 Å². The van der Waals surface area contributed by atoms with Gasteiger partial charge in [0.1, 0.15) is 0 Å². The minimum Gasteiger partial charge on any atom is -0.399 e. The first-order valence-electron chi connectivity index (χ1n) is 7.05. The number of pyridine rings is 1. The fraction of sp³-hybridized carbons (Fsp3) is 0.118. The Labute approximate surface area is 133 Å². The van der Waals surface area contributed by atoms with Gasteiger partial charge in [0, 0.05) is 36.2 Å². The third-order valence-corrected chi connectivity index (χ3v) is 4.25. The van der Waals surface area contributed by atoms with Gasteiger partial charge in [0.05, 0.1) is 5.69 Å². The molecule has 1 aromatic carbocycles. The SMILES string of the molecule is Nc1ccc(N)c(-c2cscc2CNCc2ccccn2)c1. The summed E-state index contributed by atoms with van der Waals surface area (Å²) in [6.07, 6.45) is 1.81. The van der Waals surface area contributed by atoms with Crippen LogP contribution < -0.4 is 16.8 Å². The number of nitrogen functional groups attached to an aromatic ring is 2. The van der Waals surface area contributed by atoms with E-state index >= 15 is 0 Å². The molecule has 2 aromatic heterocycles. The molecule has 0 radical (unpaired) electrons. The lowest BCUT2D eigenvalue weighted by Gasteiger charge is -2.09. The third kappa shape index (κ3) is 3.27. The molecule has 0 spiro atoms. The van der Waals surface area contributed by atoms with Crippen LogP contribution in [0.25, 0.3) is 11.1 Å². The van der Waals surface area contributed by atoms with Crippen LogP contribution in [0.2, 0.25) is 0 Å². The lowest BCUT2D eigenvalue weighted by Crippen LogP contribution is -2.13. The van der Waals surface area contributed by atoms with Crippen molar-refractivity contribution in [2.45, 2.75) is 13.1 Å². The Morgan fingerprint density at radius 2 is 1.91 bits per heavy atom. The van der Waals surface area contributed by atoms with E-state index < -0.39 is 0 Å². The summed E-state index contributed by atoms with van der Waals surface area (Å²) < 4.78 is 0. The molecular weight excluding hydrogens is 292 g/mol. The number of hydrogen-bond acceptors (Lipinski definition) is 5. The van der Waals surface area contributed by atoms with E-state index in [1.165, 1.54) is 5.56 Å². The summed E-state index contributed by atoms with van der Waals surface area (Å²) in [4.78, 5) is 4.31. The number of nitrogens with one attached hydrogen (secondary N) is 1. The molecule has 5 N–H and O–H groups in total. The summed E-state index contributed by atoms with van der Waals surface area (Å²) in [5.74, 6) is 0. The van der Waals surface area contributed by atoms with E-state index in [9.17, 15) is 0 Å². The number of thiophene rings is 1. The second-order valence-electron chi connectivity index (χ2n) is 5.08. The van der Waals surface area contributed by atoms with Crippen molar-refractivity contribution in [1.29, 1.82) is 0 Å². The van der Waals surface area contributed by atoms with E-state index in [0.29, 0.717) is 0 Å². The highest BCUT2D eigenvalue weighted by atomic mass is 32.1. The van der Waals surface area contributed by atoms with E-state index in [4.69, 9.17) is 11.5 Å². The van der Waals surface area contributed by atoms with Crippen molar-refractivity contribution in [2.75, 3.05) is 11.5 Å².